The molecule has 5 nitrogen and oxygen atoms in total. The summed E-state index contributed by atoms with van der Waals surface area (Å²) in [4.78, 5) is 0. The van der Waals surface area contributed by atoms with Crippen LogP contribution in [0, 0.1) is 10.8 Å². The lowest BCUT2D eigenvalue weighted by Crippen LogP contribution is -2.49. The van der Waals surface area contributed by atoms with Gasteiger partial charge in [0.25, 0.3) is 0 Å². The maximum Gasteiger partial charge on any atom is 0.0662 e. The van der Waals surface area contributed by atoms with Gasteiger partial charge >= 0.3 is 0 Å². The van der Waals surface area contributed by atoms with Gasteiger partial charge < -0.3 is 24.4 Å². The molecular formula is C14H28O5. The van der Waals surface area contributed by atoms with Crippen molar-refractivity contribution >= 4 is 0 Å². The molecule has 0 saturated carbocycles. The molecule has 19 heavy (non-hydrogen) atoms. The van der Waals surface area contributed by atoms with Crippen LogP contribution >= 0.6 is 0 Å². The Balaban J connectivity index is 0.000000399. The predicted molar refractivity (Wildman–Crippen MR) is 72.1 cm³/mol. The second kappa shape index (κ2) is 8.17. The van der Waals surface area contributed by atoms with Gasteiger partial charge in [0.2, 0.25) is 0 Å². The molecule has 2 aliphatic rings. The fraction of sp³-hybridized carbons (Fsp3) is 1.00. The summed E-state index contributed by atoms with van der Waals surface area (Å²) in [5.41, 5.74) is 0.638. The molecule has 0 aromatic carbocycles. The van der Waals surface area contributed by atoms with E-state index in [4.69, 9.17) is 24.4 Å². The highest BCUT2D eigenvalue weighted by atomic mass is 16.5. The van der Waals surface area contributed by atoms with Crippen LogP contribution in [0.2, 0.25) is 0 Å². The van der Waals surface area contributed by atoms with Crippen molar-refractivity contribution in [2.45, 2.75) is 26.7 Å². The minimum atomic E-state index is -0.125. The average Bonchev–Trinajstić information content (AvgIpc) is 2.36. The maximum atomic E-state index is 7.62. The Morgan fingerprint density at radius 1 is 0.842 bits per heavy atom. The first-order valence-electron chi connectivity index (χ1n) is 7.11. The molecule has 0 radical (unpaired) electrons. The quantitative estimate of drug-likeness (QED) is 0.721. The minimum Gasteiger partial charge on any atom is -0.394 e. The third-order valence-electron chi connectivity index (χ3n) is 4.05. The second-order valence-electron chi connectivity index (χ2n) is 5.63. The molecule has 2 fully saturated rings. The molecule has 0 aromatic rings. The van der Waals surface area contributed by atoms with E-state index in [0.717, 1.165) is 52.5 Å². The topological polar surface area (TPSA) is 68.2 Å². The van der Waals surface area contributed by atoms with E-state index in [1.165, 1.54) is 0 Å². The van der Waals surface area contributed by atoms with Gasteiger partial charge in [0.15, 0.2) is 0 Å². The molecule has 2 N–H and O–H groups in total. The Morgan fingerprint density at radius 2 is 1.21 bits per heavy atom. The summed E-state index contributed by atoms with van der Waals surface area (Å²) < 4.78 is 16.4. The Labute approximate surface area is 115 Å². The molecule has 0 spiro atoms. The molecule has 2 rings (SSSR count). The SMILES string of the molecule is CCC1(COCC2(CC)COC2)COC1.OCCO. The number of ether oxygens (including phenoxy) is 3. The monoisotopic (exact) mass is 276 g/mol. The molecule has 2 saturated heterocycles. The number of rotatable bonds is 7. The Bertz CT molecular complexity index is 201. The van der Waals surface area contributed by atoms with Crippen molar-refractivity contribution in [3.05, 3.63) is 0 Å². The van der Waals surface area contributed by atoms with E-state index in [1.807, 2.05) is 0 Å². The lowest BCUT2D eigenvalue weighted by Gasteiger charge is -2.44. The first kappa shape index (κ1) is 16.9. The van der Waals surface area contributed by atoms with Crippen LogP contribution in [0.4, 0.5) is 0 Å². The highest BCUT2D eigenvalue weighted by Crippen LogP contribution is 2.34. The maximum absolute atomic E-state index is 7.62. The van der Waals surface area contributed by atoms with Gasteiger partial charge in [-0.05, 0) is 12.8 Å². The van der Waals surface area contributed by atoms with Gasteiger partial charge in [-0.1, -0.05) is 13.8 Å². The summed E-state index contributed by atoms with van der Waals surface area (Å²) in [6, 6.07) is 0. The van der Waals surface area contributed by atoms with E-state index in [9.17, 15) is 0 Å². The van der Waals surface area contributed by atoms with Crippen LogP contribution in [-0.2, 0) is 14.2 Å². The van der Waals surface area contributed by atoms with E-state index in [0.29, 0.717) is 10.8 Å². The van der Waals surface area contributed by atoms with Gasteiger partial charge in [0.1, 0.15) is 0 Å². The van der Waals surface area contributed by atoms with Crippen molar-refractivity contribution in [3.63, 3.8) is 0 Å². The molecule has 2 heterocycles. The van der Waals surface area contributed by atoms with E-state index >= 15 is 0 Å². The lowest BCUT2D eigenvalue weighted by atomic mass is 9.83. The molecule has 2 aliphatic heterocycles. The zero-order chi connectivity index (χ0) is 14.2. The summed E-state index contributed by atoms with van der Waals surface area (Å²) in [7, 11) is 0. The normalized spacial score (nSPS) is 22.7. The van der Waals surface area contributed by atoms with Crippen molar-refractivity contribution in [2.24, 2.45) is 10.8 Å². The first-order chi connectivity index (χ1) is 9.16. The van der Waals surface area contributed by atoms with E-state index in [2.05, 4.69) is 13.8 Å². The number of aliphatic hydroxyl groups excluding tert-OH is 2. The predicted octanol–water partition coefficient (Wildman–Crippen LogP) is 0.827. The van der Waals surface area contributed by atoms with Crippen LogP contribution in [0.1, 0.15) is 26.7 Å². The van der Waals surface area contributed by atoms with Crippen molar-refractivity contribution in [3.8, 4) is 0 Å². The molecule has 0 aromatic heterocycles. The molecule has 0 unspecified atom stereocenters. The number of aliphatic hydroxyl groups is 2. The minimum absolute atomic E-state index is 0.125. The van der Waals surface area contributed by atoms with Crippen LogP contribution in [-0.4, -0.2) is 63.1 Å². The van der Waals surface area contributed by atoms with Crippen LogP contribution in [0.5, 0.6) is 0 Å². The van der Waals surface area contributed by atoms with Gasteiger partial charge in [0, 0.05) is 10.8 Å². The van der Waals surface area contributed by atoms with Crippen molar-refractivity contribution < 1.29 is 24.4 Å². The zero-order valence-electron chi connectivity index (χ0n) is 12.2. The molecule has 0 aliphatic carbocycles. The average molecular weight is 276 g/mol. The smallest absolute Gasteiger partial charge is 0.0662 e. The van der Waals surface area contributed by atoms with Crippen molar-refractivity contribution in [1.29, 1.82) is 0 Å². The standard InChI is InChI=1S/C12H22O3.C2H6O2/c1-3-11(5-13-6-11)9-15-10-12(4-2)7-14-8-12;3-1-2-4/h3-10H2,1-2H3;3-4H,1-2H2. The fourth-order valence-electron chi connectivity index (χ4n) is 2.04. The van der Waals surface area contributed by atoms with E-state index in [-0.39, 0.29) is 13.2 Å². The van der Waals surface area contributed by atoms with Crippen LogP contribution in [0.15, 0.2) is 0 Å². The Kier molecular flexibility index (Phi) is 7.25. The van der Waals surface area contributed by atoms with Gasteiger partial charge in [0.05, 0.1) is 52.9 Å². The highest BCUT2D eigenvalue weighted by molar-refractivity contribution is 4.87. The summed E-state index contributed by atoms with van der Waals surface area (Å²) >= 11 is 0. The molecule has 114 valence electrons. The third kappa shape index (κ3) is 4.68. The fourth-order valence-corrected chi connectivity index (χ4v) is 2.04. The van der Waals surface area contributed by atoms with Gasteiger partial charge in [-0.25, -0.2) is 0 Å². The second-order valence-corrected chi connectivity index (χ2v) is 5.63. The molecule has 0 bridgehead atoms. The third-order valence-corrected chi connectivity index (χ3v) is 4.05. The van der Waals surface area contributed by atoms with Gasteiger partial charge in [-0.3, -0.25) is 0 Å². The Hall–Kier alpha value is -0.200. The van der Waals surface area contributed by atoms with Crippen LogP contribution < -0.4 is 0 Å². The van der Waals surface area contributed by atoms with Gasteiger partial charge in [-0.15, -0.1) is 0 Å². The molecular weight excluding hydrogens is 248 g/mol. The van der Waals surface area contributed by atoms with Crippen molar-refractivity contribution in [2.75, 3.05) is 52.9 Å². The molecule has 5 heteroatoms. The number of hydrogen-bond donors (Lipinski definition) is 2. The largest absolute Gasteiger partial charge is 0.394 e. The summed E-state index contributed by atoms with van der Waals surface area (Å²) in [5, 5.41) is 15.2. The van der Waals surface area contributed by atoms with Gasteiger partial charge in [-0.2, -0.15) is 0 Å². The first-order valence-corrected chi connectivity index (χ1v) is 7.11. The summed E-state index contributed by atoms with van der Waals surface area (Å²) in [6.07, 6.45) is 2.31. The molecule has 0 atom stereocenters. The summed E-state index contributed by atoms with van der Waals surface area (Å²) in [5.74, 6) is 0. The summed E-state index contributed by atoms with van der Waals surface area (Å²) in [6.45, 7) is 9.38. The van der Waals surface area contributed by atoms with E-state index < -0.39 is 0 Å². The lowest BCUT2D eigenvalue weighted by molar-refractivity contribution is -0.187. The van der Waals surface area contributed by atoms with Crippen LogP contribution in [0.3, 0.4) is 0 Å². The number of hydrogen-bond acceptors (Lipinski definition) is 5. The van der Waals surface area contributed by atoms with E-state index in [1.54, 1.807) is 0 Å². The highest BCUT2D eigenvalue weighted by Gasteiger charge is 2.40. The Morgan fingerprint density at radius 3 is 1.37 bits per heavy atom. The van der Waals surface area contributed by atoms with Crippen molar-refractivity contribution in [1.82, 2.24) is 0 Å². The van der Waals surface area contributed by atoms with Crippen LogP contribution in [0.25, 0.3) is 0 Å². The zero-order valence-corrected chi connectivity index (χ0v) is 12.2. The molecule has 0 amide bonds.